The maximum atomic E-state index is 12.7. The highest BCUT2D eigenvalue weighted by Crippen LogP contribution is 2.21. The van der Waals surface area contributed by atoms with Gasteiger partial charge in [0.1, 0.15) is 5.84 Å². The molecule has 3 N–H and O–H groups in total. The van der Waals surface area contributed by atoms with Crippen LogP contribution in [0, 0.1) is 11.8 Å². The summed E-state index contributed by atoms with van der Waals surface area (Å²) in [6, 6.07) is 0. The first-order chi connectivity index (χ1) is 9.77. The van der Waals surface area contributed by atoms with Gasteiger partial charge in [-0.25, -0.2) is 0 Å². The van der Waals surface area contributed by atoms with Crippen molar-refractivity contribution in [2.75, 3.05) is 26.2 Å². The predicted octanol–water partition coefficient (Wildman–Crippen LogP) is 1.06. The molecule has 0 unspecified atom stereocenters. The summed E-state index contributed by atoms with van der Waals surface area (Å²) >= 11 is 0. The zero-order valence-electron chi connectivity index (χ0n) is 13.2. The largest absolute Gasteiger partial charge is 0.409 e. The van der Waals surface area contributed by atoms with Crippen molar-refractivity contribution >= 4 is 16.0 Å². The monoisotopic (exact) mass is 320 g/mol. The molecular weight excluding hydrogens is 292 g/mol. The molecule has 0 radical (unpaired) electrons. The fourth-order valence-corrected chi connectivity index (χ4v) is 4.18. The number of rotatable bonds is 7. The minimum absolute atomic E-state index is 0.0474. The lowest BCUT2D eigenvalue weighted by atomic mass is 10.0. The van der Waals surface area contributed by atoms with Crippen LogP contribution in [0.25, 0.3) is 0 Å². The summed E-state index contributed by atoms with van der Waals surface area (Å²) in [5.74, 6) is 0.842. The maximum absolute atomic E-state index is 12.7. The van der Waals surface area contributed by atoms with E-state index >= 15 is 0 Å². The molecule has 1 heterocycles. The van der Waals surface area contributed by atoms with E-state index in [0.717, 1.165) is 12.8 Å². The van der Waals surface area contributed by atoms with E-state index in [1.807, 2.05) is 13.8 Å². The third-order valence-electron chi connectivity index (χ3n) is 3.71. The molecule has 0 saturated carbocycles. The van der Waals surface area contributed by atoms with Gasteiger partial charge in [0.25, 0.3) is 10.2 Å². The van der Waals surface area contributed by atoms with E-state index in [0.29, 0.717) is 25.6 Å². The Kier molecular flexibility index (Phi) is 6.89. The molecule has 0 spiro atoms. The highest BCUT2D eigenvalue weighted by atomic mass is 32.2. The van der Waals surface area contributed by atoms with Crippen molar-refractivity contribution in [3.8, 4) is 0 Å². The normalized spacial score (nSPS) is 19.6. The van der Waals surface area contributed by atoms with Crippen LogP contribution in [-0.2, 0) is 10.2 Å². The average molecular weight is 320 g/mol. The molecule has 1 fully saturated rings. The lowest BCUT2D eigenvalue weighted by molar-refractivity contribution is 0.258. The van der Waals surface area contributed by atoms with Crippen LogP contribution >= 0.6 is 0 Å². The van der Waals surface area contributed by atoms with Crippen molar-refractivity contribution in [1.82, 2.24) is 8.61 Å². The van der Waals surface area contributed by atoms with Crippen LogP contribution in [0.4, 0.5) is 0 Å². The topological polar surface area (TPSA) is 99.2 Å². The first-order valence-electron chi connectivity index (χ1n) is 7.49. The summed E-state index contributed by atoms with van der Waals surface area (Å²) in [6.45, 7) is 7.92. The van der Waals surface area contributed by atoms with Crippen molar-refractivity contribution in [3.05, 3.63) is 0 Å². The molecular formula is C13H28N4O3S. The third kappa shape index (κ3) is 5.44. The fourth-order valence-electron chi connectivity index (χ4n) is 2.38. The van der Waals surface area contributed by atoms with E-state index < -0.39 is 10.2 Å². The minimum atomic E-state index is -3.47. The quantitative estimate of drug-likeness (QED) is 0.317. The van der Waals surface area contributed by atoms with Crippen molar-refractivity contribution in [2.24, 2.45) is 22.7 Å². The third-order valence-corrected chi connectivity index (χ3v) is 5.71. The Morgan fingerprint density at radius 3 is 2.48 bits per heavy atom. The Morgan fingerprint density at radius 2 is 2.00 bits per heavy atom. The van der Waals surface area contributed by atoms with E-state index in [-0.39, 0.29) is 24.7 Å². The number of oxime groups is 1. The highest BCUT2D eigenvalue weighted by molar-refractivity contribution is 7.86. The van der Waals surface area contributed by atoms with Gasteiger partial charge >= 0.3 is 0 Å². The van der Waals surface area contributed by atoms with E-state index in [9.17, 15) is 8.42 Å². The van der Waals surface area contributed by atoms with Gasteiger partial charge in [0.05, 0.1) is 0 Å². The number of piperidine rings is 1. The molecule has 1 rings (SSSR count). The summed E-state index contributed by atoms with van der Waals surface area (Å²) in [4.78, 5) is 0. The summed E-state index contributed by atoms with van der Waals surface area (Å²) in [7, 11) is -3.47. The van der Waals surface area contributed by atoms with Gasteiger partial charge in [0.2, 0.25) is 0 Å². The first kappa shape index (κ1) is 18.2. The van der Waals surface area contributed by atoms with E-state index in [1.165, 1.54) is 4.31 Å². The Hall–Kier alpha value is -0.860. The van der Waals surface area contributed by atoms with Gasteiger partial charge in [-0.3, -0.25) is 0 Å². The maximum Gasteiger partial charge on any atom is 0.281 e. The summed E-state index contributed by atoms with van der Waals surface area (Å²) in [5, 5.41) is 11.5. The minimum Gasteiger partial charge on any atom is -0.409 e. The smallest absolute Gasteiger partial charge is 0.281 e. The van der Waals surface area contributed by atoms with Crippen LogP contribution < -0.4 is 5.73 Å². The van der Waals surface area contributed by atoms with E-state index in [4.69, 9.17) is 10.9 Å². The molecule has 1 aliphatic rings. The fraction of sp³-hybridized carbons (Fsp3) is 0.923. The molecule has 0 aliphatic carbocycles. The molecule has 1 aliphatic heterocycles. The molecule has 0 aromatic carbocycles. The predicted molar refractivity (Wildman–Crippen MR) is 83.3 cm³/mol. The van der Waals surface area contributed by atoms with Crippen molar-refractivity contribution in [2.45, 2.75) is 40.0 Å². The Labute approximate surface area is 128 Å². The second kappa shape index (κ2) is 7.95. The molecule has 124 valence electrons. The van der Waals surface area contributed by atoms with Gasteiger partial charge in [-0.2, -0.15) is 17.0 Å². The van der Waals surface area contributed by atoms with Gasteiger partial charge in [-0.1, -0.05) is 25.9 Å². The summed E-state index contributed by atoms with van der Waals surface area (Å²) in [5.41, 5.74) is 5.46. The molecule has 7 nitrogen and oxygen atoms in total. The molecule has 0 aromatic heterocycles. The second-order valence-corrected chi connectivity index (χ2v) is 8.11. The van der Waals surface area contributed by atoms with Crippen LogP contribution in [0.2, 0.25) is 0 Å². The highest BCUT2D eigenvalue weighted by Gasteiger charge is 2.32. The SMILES string of the molecule is CC(C)CN(CCC(N)=NO)S(=O)(=O)N1CCC(C)CC1. The van der Waals surface area contributed by atoms with Crippen LogP contribution in [0.3, 0.4) is 0 Å². The zero-order chi connectivity index (χ0) is 16.0. The molecule has 0 atom stereocenters. The van der Waals surface area contributed by atoms with Gasteiger partial charge in [-0.05, 0) is 24.7 Å². The lowest BCUT2D eigenvalue weighted by Gasteiger charge is -2.34. The van der Waals surface area contributed by atoms with Crippen molar-refractivity contribution in [3.63, 3.8) is 0 Å². The molecule has 21 heavy (non-hydrogen) atoms. The zero-order valence-corrected chi connectivity index (χ0v) is 14.0. The number of hydrogen-bond donors (Lipinski definition) is 2. The average Bonchev–Trinajstić information content (AvgIpc) is 2.43. The Balaban J connectivity index is 2.79. The van der Waals surface area contributed by atoms with Gasteiger partial charge in [0.15, 0.2) is 0 Å². The number of nitrogens with two attached hydrogens (primary N) is 1. The van der Waals surface area contributed by atoms with E-state index in [1.54, 1.807) is 4.31 Å². The van der Waals surface area contributed by atoms with Crippen LogP contribution in [0.1, 0.15) is 40.0 Å². The van der Waals surface area contributed by atoms with Crippen LogP contribution in [-0.4, -0.2) is 54.3 Å². The number of hydrogen-bond acceptors (Lipinski definition) is 4. The van der Waals surface area contributed by atoms with Gasteiger partial charge < -0.3 is 10.9 Å². The standard InChI is InChI=1S/C13H28N4O3S/c1-11(2)10-17(9-6-13(14)15-18)21(19,20)16-7-4-12(3)5-8-16/h11-12,18H,4-10H2,1-3H3,(H2,14,15). The molecule has 0 bridgehead atoms. The Bertz CT molecular complexity index is 442. The van der Waals surface area contributed by atoms with E-state index in [2.05, 4.69) is 12.1 Å². The van der Waals surface area contributed by atoms with Gasteiger partial charge in [-0.15, -0.1) is 0 Å². The van der Waals surface area contributed by atoms with Crippen LogP contribution in [0.15, 0.2) is 5.16 Å². The number of nitrogens with zero attached hydrogens (tertiary/aromatic N) is 3. The molecule has 0 amide bonds. The molecule has 8 heteroatoms. The van der Waals surface area contributed by atoms with Crippen molar-refractivity contribution < 1.29 is 13.6 Å². The molecule has 0 aromatic rings. The lowest BCUT2D eigenvalue weighted by Crippen LogP contribution is -2.48. The van der Waals surface area contributed by atoms with Crippen LogP contribution in [0.5, 0.6) is 0 Å². The van der Waals surface area contributed by atoms with Crippen molar-refractivity contribution in [1.29, 1.82) is 0 Å². The Morgan fingerprint density at radius 1 is 1.43 bits per heavy atom. The second-order valence-electron chi connectivity index (χ2n) is 6.18. The van der Waals surface area contributed by atoms with Gasteiger partial charge in [0, 0.05) is 32.6 Å². The summed E-state index contributed by atoms with van der Waals surface area (Å²) < 4.78 is 28.5. The summed E-state index contributed by atoms with van der Waals surface area (Å²) in [6.07, 6.45) is 2.02. The molecule has 1 saturated heterocycles. The first-order valence-corrected chi connectivity index (χ1v) is 8.88. The number of amidine groups is 1.